The maximum Gasteiger partial charge on any atom is 0.337 e. The monoisotopic (exact) mass is 440 g/mol. The molecule has 164 valence electrons. The maximum absolute atomic E-state index is 13.6. The molecule has 0 N–H and O–H groups in total. The number of hydrogen-bond donors (Lipinski definition) is 0. The molecule has 0 aliphatic carbocycles. The molecule has 1 aliphatic rings. The van der Waals surface area contributed by atoms with Crippen molar-refractivity contribution in [3.63, 3.8) is 0 Å². The third-order valence-corrected chi connectivity index (χ3v) is 5.82. The highest BCUT2D eigenvalue weighted by molar-refractivity contribution is 6.10. The number of hydrogen-bond acceptors (Lipinski definition) is 6. The van der Waals surface area contributed by atoms with E-state index in [1.165, 1.54) is 12.0 Å². The van der Waals surface area contributed by atoms with E-state index >= 15 is 0 Å². The number of anilines is 1. The number of nitrogens with zero attached hydrogens (tertiary/aromatic N) is 2. The number of ether oxygens (including phenoxy) is 1. The minimum Gasteiger partial charge on any atom is -0.465 e. The predicted molar refractivity (Wildman–Crippen MR) is 123 cm³/mol. The molecule has 1 atom stereocenters. The Morgan fingerprint density at radius 1 is 1.00 bits per heavy atom. The SMILES string of the molecule is COC(=O)c1ccc(C2c3c(oc4ccc(C)cc4c3=O)C(=O)N2c2ccc(C)cn2)cc1. The zero-order valence-corrected chi connectivity index (χ0v) is 18.3. The van der Waals surface area contributed by atoms with Gasteiger partial charge in [-0.05, 0) is 55.3 Å². The highest BCUT2D eigenvalue weighted by Gasteiger charge is 2.44. The standard InChI is InChI=1S/C26H20N2O5/c1-14-4-10-19-18(12-14)23(29)21-22(16-6-8-17(9-7-16)26(31)32-3)28(25(30)24(21)33-19)20-11-5-15(2)13-27-20/h4-13,22H,1-3H3. The first-order valence-electron chi connectivity index (χ1n) is 10.4. The molecule has 4 aromatic rings. The predicted octanol–water partition coefficient (Wildman–Crippen LogP) is 4.34. The van der Waals surface area contributed by atoms with Gasteiger partial charge in [-0.2, -0.15) is 0 Å². The number of methoxy groups -OCH3 is 1. The summed E-state index contributed by atoms with van der Waals surface area (Å²) in [5.74, 6) is -0.509. The van der Waals surface area contributed by atoms with E-state index in [-0.39, 0.29) is 16.8 Å². The van der Waals surface area contributed by atoms with Crippen LogP contribution in [0.15, 0.2) is 70.0 Å². The summed E-state index contributed by atoms with van der Waals surface area (Å²) < 4.78 is 10.7. The van der Waals surface area contributed by atoms with Crippen molar-refractivity contribution >= 4 is 28.7 Å². The summed E-state index contributed by atoms with van der Waals surface area (Å²) in [5.41, 5.74) is 3.22. The summed E-state index contributed by atoms with van der Waals surface area (Å²) in [6.07, 6.45) is 1.66. The smallest absolute Gasteiger partial charge is 0.337 e. The van der Waals surface area contributed by atoms with Gasteiger partial charge in [-0.3, -0.25) is 14.5 Å². The molecule has 2 aromatic heterocycles. The summed E-state index contributed by atoms with van der Waals surface area (Å²) in [6, 6.07) is 14.8. The quantitative estimate of drug-likeness (QED) is 0.440. The molecule has 0 saturated heterocycles. The summed E-state index contributed by atoms with van der Waals surface area (Å²) in [4.78, 5) is 44.9. The van der Waals surface area contributed by atoms with Crippen LogP contribution >= 0.6 is 0 Å². The second-order valence-electron chi connectivity index (χ2n) is 8.06. The Hall–Kier alpha value is -4.26. The lowest BCUT2D eigenvalue weighted by Crippen LogP contribution is -2.30. The van der Waals surface area contributed by atoms with Crippen molar-refractivity contribution in [3.05, 3.63) is 105 Å². The number of rotatable bonds is 3. The first kappa shape index (κ1) is 20.6. The largest absolute Gasteiger partial charge is 0.465 e. The van der Waals surface area contributed by atoms with Gasteiger partial charge in [-0.25, -0.2) is 9.78 Å². The van der Waals surface area contributed by atoms with Gasteiger partial charge in [-0.15, -0.1) is 0 Å². The van der Waals surface area contributed by atoms with Crippen molar-refractivity contribution in [2.75, 3.05) is 12.0 Å². The van der Waals surface area contributed by atoms with Gasteiger partial charge < -0.3 is 9.15 Å². The van der Waals surface area contributed by atoms with E-state index in [1.54, 1.807) is 48.7 Å². The van der Waals surface area contributed by atoms with Gasteiger partial charge in [0.05, 0.1) is 29.7 Å². The number of benzene rings is 2. The average Bonchev–Trinajstić information content (AvgIpc) is 3.12. The molecule has 1 unspecified atom stereocenters. The molecule has 0 radical (unpaired) electrons. The lowest BCUT2D eigenvalue weighted by Gasteiger charge is -2.24. The Kier molecular flexibility index (Phi) is 4.82. The molecular weight excluding hydrogens is 420 g/mol. The first-order chi connectivity index (χ1) is 15.9. The molecule has 33 heavy (non-hydrogen) atoms. The molecule has 0 spiro atoms. The van der Waals surface area contributed by atoms with Crippen LogP contribution in [0.25, 0.3) is 11.0 Å². The number of carbonyl (C=O) groups is 2. The summed E-state index contributed by atoms with van der Waals surface area (Å²) in [7, 11) is 1.31. The zero-order valence-electron chi connectivity index (χ0n) is 18.3. The minimum absolute atomic E-state index is 0.000715. The highest BCUT2D eigenvalue weighted by atomic mass is 16.5. The third-order valence-electron chi connectivity index (χ3n) is 5.82. The van der Waals surface area contributed by atoms with E-state index in [0.717, 1.165) is 11.1 Å². The Morgan fingerprint density at radius 3 is 2.39 bits per heavy atom. The molecule has 3 heterocycles. The molecule has 5 rings (SSSR count). The molecule has 0 fully saturated rings. The van der Waals surface area contributed by atoms with Gasteiger partial charge in [0, 0.05) is 6.20 Å². The number of amides is 1. The fraction of sp³-hybridized carbons (Fsp3) is 0.154. The van der Waals surface area contributed by atoms with E-state index in [4.69, 9.17) is 9.15 Å². The van der Waals surface area contributed by atoms with Crippen LogP contribution < -0.4 is 10.3 Å². The average molecular weight is 440 g/mol. The van der Waals surface area contributed by atoms with Crippen LogP contribution in [0, 0.1) is 13.8 Å². The van der Waals surface area contributed by atoms with Crippen molar-refractivity contribution in [2.45, 2.75) is 19.9 Å². The Bertz CT molecular complexity index is 1470. The van der Waals surface area contributed by atoms with Crippen molar-refractivity contribution in [1.29, 1.82) is 0 Å². The number of esters is 1. The molecule has 0 bridgehead atoms. The van der Waals surface area contributed by atoms with Crippen LogP contribution in [0.5, 0.6) is 0 Å². The number of aryl methyl sites for hydroxylation is 2. The van der Waals surface area contributed by atoms with E-state index in [0.29, 0.717) is 27.9 Å². The van der Waals surface area contributed by atoms with Crippen LogP contribution in [0.1, 0.15) is 49.2 Å². The summed E-state index contributed by atoms with van der Waals surface area (Å²) in [6.45, 7) is 3.79. The fourth-order valence-corrected chi connectivity index (χ4v) is 4.16. The lowest BCUT2D eigenvalue weighted by molar-refractivity contribution is 0.0600. The van der Waals surface area contributed by atoms with Crippen LogP contribution in [0.2, 0.25) is 0 Å². The van der Waals surface area contributed by atoms with Gasteiger partial charge in [0.1, 0.15) is 11.4 Å². The van der Waals surface area contributed by atoms with E-state index < -0.39 is 17.9 Å². The molecule has 2 aromatic carbocycles. The molecule has 0 saturated carbocycles. The molecule has 1 aliphatic heterocycles. The van der Waals surface area contributed by atoms with Crippen LogP contribution in [-0.4, -0.2) is 24.0 Å². The topological polar surface area (TPSA) is 89.7 Å². The molecule has 1 amide bonds. The first-order valence-corrected chi connectivity index (χ1v) is 10.4. The minimum atomic E-state index is -0.754. The zero-order chi connectivity index (χ0) is 23.3. The van der Waals surface area contributed by atoms with Gasteiger partial charge in [-0.1, -0.05) is 29.8 Å². The van der Waals surface area contributed by atoms with E-state index in [2.05, 4.69) is 4.98 Å². The van der Waals surface area contributed by atoms with Gasteiger partial charge in [0.15, 0.2) is 5.43 Å². The van der Waals surface area contributed by atoms with Gasteiger partial charge in [0.2, 0.25) is 5.76 Å². The second-order valence-corrected chi connectivity index (χ2v) is 8.06. The van der Waals surface area contributed by atoms with Crippen molar-refractivity contribution < 1.29 is 18.7 Å². The molecule has 7 heteroatoms. The number of pyridine rings is 1. The van der Waals surface area contributed by atoms with Crippen LogP contribution in [0.4, 0.5) is 5.82 Å². The summed E-state index contributed by atoms with van der Waals surface area (Å²) in [5, 5.41) is 0.413. The van der Waals surface area contributed by atoms with Crippen LogP contribution in [0.3, 0.4) is 0 Å². The molecule has 7 nitrogen and oxygen atoms in total. The summed E-state index contributed by atoms with van der Waals surface area (Å²) >= 11 is 0. The van der Waals surface area contributed by atoms with E-state index in [1.807, 2.05) is 26.0 Å². The Morgan fingerprint density at radius 2 is 1.73 bits per heavy atom. The van der Waals surface area contributed by atoms with E-state index in [9.17, 15) is 14.4 Å². The number of fused-ring (bicyclic) bond motifs is 2. The normalized spacial score (nSPS) is 15.1. The van der Waals surface area contributed by atoms with Gasteiger partial charge in [0.25, 0.3) is 5.91 Å². The van der Waals surface area contributed by atoms with Crippen molar-refractivity contribution in [3.8, 4) is 0 Å². The number of aromatic nitrogens is 1. The van der Waals surface area contributed by atoms with Gasteiger partial charge >= 0.3 is 5.97 Å². The fourth-order valence-electron chi connectivity index (χ4n) is 4.16. The molecular formula is C26H20N2O5. The third kappa shape index (κ3) is 3.29. The van der Waals surface area contributed by atoms with Crippen molar-refractivity contribution in [1.82, 2.24) is 4.98 Å². The Labute approximate surface area is 189 Å². The van der Waals surface area contributed by atoms with Crippen LogP contribution in [-0.2, 0) is 4.74 Å². The Balaban J connectivity index is 1.76. The number of carbonyl (C=O) groups excluding carboxylic acids is 2. The highest BCUT2D eigenvalue weighted by Crippen LogP contribution is 2.40. The van der Waals surface area contributed by atoms with Crippen molar-refractivity contribution in [2.24, 2.45) is 0 Å². The lowest BCUT2D eigenvalue weighted by atomic mass is 9.97. The second kappa shape index (κ2) is 7.70. The maximum atomic E-state index is 13.6.